The zero-order valence-corrected chi connectivity index (χ0v) is 18.6. The lowest BCUT2D eigenvalue weighted by molar-refractivity contribution is -0.222. The first kappa shape index (κ1) is 20.2. The van der Waals surface area contributed by atoms with Crippen molar-refractivity contribution in [3.8, 4) is 0 Å². The second kappa shape index (κ2) is 6.99. The van der Waals surface area contributed by atoms with Gasteiger partial charge in [-0.3, -0.25) is 4.90 Å². The minimum absolute atomic E-state index is 0.110. The van der Waals surface area contributed by atoms with Crippen molar-refractivity contribution >= 4 is 0 Å². The molecule has 0 radical (unpaired) electrons. The van der Waals surface area contributed by atoms with Crippen LogP contribution in [-0.2, 0) is 4.74 Å². The minimum Gasteiger partial charge on any atom is -0.393 e. The molecule has 4 fully saturated rings. The molecule has 0 saturated heterocycles. The summed E-state index contributed by atoms with van der Waals surface area (Å²) >= 11 is 0. The molecule has 0 aromatic carbocycles. The van der Waals surface area contributed by atoms with Crippen LogP contribution in [0.25, 0.3) is 0 Å². The Kier molecular flexibility index (Phi) is 5.22. The van der Waals surface area contributed by atoms with Gasteiger partial charge in [-0.25, -0.2) is 0 Å². The van der Waals surface area contributed by atoms with Crippen LogP contribution in [0.1, 0.15) is 79.1 Å². The Morgan fingerprint density at radius 2 is 1.74 bits per heavy atom. The number of fused-ring (bicyclic) bond motifs is 5. The normalized spacial score (nSPS) is 53.6. The van der Waals surface area contributed by atoms with Gasteiger partial charge in [0, 0.05) is 6.42 Å². The summed E-state index contributed by atoms with van der Waals surface area (Å²) < 4.78 is 6.67. The third kappa shape index (κ3) is 3.02. The highest BCUT2D eigenvalue weighted by Crippen LogP contribution is 2.67. The monoisotopic (exact) mass is 377 g/mol. The van der Waals surface area contributed by atoms with Gasteiger partial charge in [0.05, 0.1) is 12.2 Å². The van der Waals surface area contributed by atoms with Gasteiger partial charge < -0.3 is 9.84 Å². The average molecular weight is 378 g/mol. The molecule has 3 nitrogen and oxygen atoms in total. The first-order valence-electron chi connectivity index (χ1n) is 11.7. The van der Waals surface area contributed by atoms with Crippen LogP contribution in [0.5, 0.6) is 0 Å². The zero-order valence-electron chi connectivity index (χ0n) is 18.6. The van der Waals surface area contributed by atoms with E-state index < -0.39 is 0 Å². The molecule has 27 heavy (non-hydrogen) atoms. The number of hydrogen-bond donors (Lipinski definition) is 1. The van der Waals surface area contributed by atoms with Crippen LogP contribution in [0.15, 0.2) is 0 Å². The van der Waals surface area contributed by atoms with E-state index in [1.54, 1.807) is 0 Å². The molecular weight excluding hydrogens is 334 g/mol. The lowest BCUT2D eigenvalue weighted by Gasteiger charge is -2.63. The number of aliphatic hydroxyl groups excluding tert-OH is 1. The number of aliphatic hydroxyl groups is 1. The third-order valence-corrected chi connectivity index (χ3v) is 10.3. The van der Waals surface area contributed by atoms with Crippen LogP contribution < -0.4 is 0 Å². The van der Waals surface area contributed by atoms with Crippen molar-refractivity contribution in [1.82, 2.24) is 4.90 Å². The summed E-state index contributed by atoms with van der Waals surface area (Å²) in [6, 6.07) is 0. The summed E-state index contributed by atoms with van der Waals surface area (Å²) in [5.74, 6) is 4.10. The third-order valence-electron chi connectivity index (χ3n) is 10.3. The Bertz CT molecular complexity index is 550. The molecule has 3 heteroatoms. The number of hydrogen-bond acceptors (Lipinski definition) is 3. The summed E-state index contributed by atoms with van der Waals surface area (Å²) in [5.41, 5.74) is 0.811. The first-order chi connectivity index (χ1) is 12.7. The number of rotatable bonds is 3. The van der Waals surface area contributed by atoms with Crippen molar-refractivity contribution in [2.75, 3.05) is 14.1 Å². The van der Waals surface area contributed by atoms with Crippen molar-refractivity contribution in [3.05, 3.63) is 0 Å². The Morgan fingerprint density at radius 1 is 1.00 bits per heavy atom. The summed E-state index contributed by atoms with van der Waals surface area (Å²) in [6.45, 7) is 9.83. The molecule has 4 rings (SSSR count). The van der Waals surface area contributed by atoms with E-state index in [1.165, 1.54) is 38.5 Å². The molecule has 4 aliphatic carbocycles. The fraction of sp³-hybridized carbons (Fsp3) is 1.00. The number of nitrogens with zero attached hydrogens (tertiary/aromatic N) is 1. The number of ether oxygens (including phenoxy) is 1. The van der Waals surface area contributed by atoms with Crippen LogP contribution >= 0.6 is 0 Å². The van der Waals surface area contributed by atoms with Gasteiger partial charge in [0.1, 0.15) is 6.23 Å². The Hall–Kier alpha value is -0.120. The van der Waals surface area contributed by atoms with E-state index in [4.69, 9.17) is 4.74 Å². The minimum atomic E-state index is -0.181. The molecule has 0 aromatic rings. The first-order valence-corrected chi connectivity index (χ1v) is 11.7. The topological polar surface area (TPSA) is 32.7 Å². The fourth-order valence-corrected chi connectivity index (χ4v) is 8.09. The van der Waals surface area contributed by atoms with Crippen LogP contribution in [0.3, 0.4) is 0 Å². The van der Waals surface area contributed by atoms with Crippen molar-refractivity contribution in [2.45, 2.75) is 97.5 Å². The summed E-state index contributed by atoms with van der Waals surface area (Å²) in [5, 5.41) is 10.6. The molecule has 0 heterocycles. The molecule has 4 saturated carbocycles. The van der Waals surface area contributed by atoms with Crippen molar-refractivity contribution in [2.24, 2.45) is 40.4 Å². The smallest absolute Gasteiger partial charge is 0.107 e. The van der Waals surface area contributed by atoms with Gasteiger partial charge in [0.25, 0.3) is 0 Å². The maximum absolute atomic E-state index is 10.6. The van der Waals surface area contributed by atoms with E-state index in [1.807, 2.05) is 0 Å². The van der Waals surface area contributed by atoms with E-state index in [2.05, 4.69) is 46.7 Å². The Labute approximate surface area is 167 Å². The second-order valence-corrected chi connectivity index (χ2v) is 11.4. The predicted octanol–water partition coefficient (Wildman–Crippen LogP) is 4.93. The van der Waals surface area contributed by atoms with Gasteiger partial charge in [0.15, 0.2) is 0 Å². The summed E-state index contributed by atoms with van der Waals surface area (Å²) in [4.78, 5) is 2.16. The van der Waals surface area contributed by atoms with Gasteiger partial charge >= 0.3 is 0 Å². The van der Waals surface area contributed by atoms with Crippen molar-refractivity contribution < 1.29 is 9.84 Å². The maximum Gasteiger partial charge on any atom is 0.107 e. The molecule has 0 spiro atoms. The molecule has 10 atom stereocenters. The van der Waals surface area contributed by atoms with Crippen molar-refractivity contribution in [3.63, 3.8) is 0 Å². The summed E-state index contributed by atoms with van der Waals surface area (Å²) in [7, 11) is 4.19. The fourth-order valence-electron chi connectivity index (χ4n) is 8.09. The molecule has 4 aliphatic rings. The Balaban J connectivity index is 1.64. The molecule has 156 valence electrons. The van der Waals surface area contributed by atoms with Gasteiger partial charge in [-0.15, -0.1) is 0 Å². The summed E-state index contributed by atoms with van der Waals surface area (Å²) in [6.07, 6.45) is 10.3. The highest BCUT2D eigenvalue weighted by molar-refractivity contribution is 5.11. The van der Waals surface area contributed by atoms with E-state index >= 15 is 0 Å². The molecule has 0 aliphatic heterocycles. The molecule has 0 amide bonds. The van der Waals surface area contributed by atoms with Gasteiger partial charge in [-0.05, 0) is 106 Å². The second-order valence-electron chi connectivity index (χ2n) is 11.4. The molecule has 0 bridgehead atoms. The van der Waals surface area contributed by atoms with Crippen LogP contribution in [0.2, 0.25) is 0 Å². The predicted molar refractivity (Wildman–Crippen MR) is 110 cm³/mol. The van der Waals surface area contributed by atoms with Crippen LogP contribution in [-0.4, -0.2) is 42.5 Å². The van der Waals surface area contributed by atoms with Crippen LogP contribution in [0, 0.1) is 40.4 Å². The molecule has 1 N–H and O–H groups in total. The lowest BCUT2D eigenvalue weighted by atomic mass is 9.44. The van der Waals surface area contributed by atoms with E-state index in [0.29, 0.717) is 11.3 Å². The average Bonchev–Trinajstić information content (AvgIpc) is 2.91. The van der Waals surface area contributed by atoms with Gasteiger partial charge in [0.2, 0.25) is 0 Å². The standard InChI is InChI=1S/C24H43NO2/c1-15-7-10-20-19-9-8-17-13-18(26)14-22(27-16(2)25(5)6)24(17,4)21(19)11-12-23(15,20)3/h15-22,26H,7-14H2,1-6H3/t15-,16?,17-,18-,19-,20-,21-,22?,23+,24-/m0/s1. The maximum atomic E-state index is 10.6. The van der Waals surface area contributed by atoms with E-state index in [9.17, 15) is 5.11 Å². The molecule has 0 aromatic heterocycles. The van der Waals surface area contributed by atoms with E-state index in [0.717, 1.165) is 36.5 Å². The molecular formula is C24H43NO2. The van der Waals surface area contributed by atoms with Gasteiger partial charge in [-0.1, -0.05) is 20.8 Å². The van der Waals surface area contributed by atoms with Crippen molar-refractivity contribution in [1.29, 1.82) is 0 Å². The zero-order chi connectivity index (χ0) is 19.6. The van der Waals surface area contributed by atoms with Crippen LogP contribution in [0.4, 0.5) is 0 Å². The highest BCUT2D eigenvalue weighted by Gasteiger charge is 2.62. The Morgan fingerprint density at radius 3 is 2.44 bits per heavy atom. The SMILES string of the molecule is CC(OC1C[C@@H](O)C[C@@H]2CC[C@H]3[C@@H]4CC[C@H](C)[C@@]4(C)CC[C@@H]3[C@@]12C)N(C)C. The lowest BCUT2D eigenvalue weighted by Crippen LogP contribution is -2.60. The largest absolute Gasteiger partial charge is 0.393 e. The van der Waals surface area contributed by atoms with E-state index in [-0.39, 0.29) is 23.9 Å². The van der Waals surface area contributed by atoms with Gasteiger partial charge in [-0.2, -0.15) is 0 Å². The highest BCUT2D eigenvalue weighted by atomic mass is 16.5. The quantitative estimate of drug-likeness (QED) is 0.708. The molecule has 2 unspecified atom stereocenters.